The second-order valence-electron chi connectivity index (χ2n) is 6.99. The lowest BCUT2D eigenvalue weighted by molar-refractivity contribution is -0.143. The predicted octanol–water partition coefficient (Wildman–Crippen LogP) is 4.32. The highest BCUT2D eigenvalue weighted by molar-refractivity contribution is 7.98. The van der Waals surface area contributed by atoms with E-state index in [9.17, 15) is 18.0 Å². The summed E-state index contributed by atoms with van der Waals surface area (Å²) in [5, 5.41) is 0.451. The Bertz CT molecular complexity index is 1330. The van der Waals surface area contributed by atoms with Crippen molar-refractivity contribution in [3.05, 3.63) is 52.3 Å². The lowest BCUT2D eigenvalue weighted by Gasteiger charge is -2.05. The van der Waals surface area contributed by atoms with Crippen LogP contribution in [0.25, 0.3) is 10.2 Å². The van der Waals surface area contributed by atoms with Gasteiger partial charge in [-0.15, -0.1) is 11.8 Å². The van der Waals surface area contributed by atoms with Crippen LogP contribution < -0.4 is 4.80 Å². The number of halogens is 1. The lowest BCUT2D eigenvalue weighted by atomic mass is 10.3. The van der Waals surface area contributed by atoms with Crippen LogP contribution in [0.15, 0.2) is 57.2 Å². The molecule has 1 heterocycles. The summed E-state index contributed by atoms with van der Waals surface area (Å²) in [5.74, 6) is -1.05. The SMILES string of the molecule is CCOC(=O)Cn1c(=NC(=O)CCCS(=O)(=O)c2ccc(Cl)cc2)sc2cc(SC)ccc21. The van der Waals surface area contributed by atoms with Crippen molar-refractivity contribution < 1.29 is 22.7 Å². The summed E-state index contributed by atoms with van der Waals surface area (Å²) in [7, 11) is -3.52. The van der Waals surface area contributed by atoms with E-state index in [1.54, 1.807) is 23.3 Å². The van der Waals surface area contributed by atoms with Gasteiger partial charge in [0.1, 0.15) is 6.54 Å². The second-order valence-corrected chi connectivity index (χ2v) is 11.4. The number of ether oxygens (including phenoxy) is 1. The first-order chi connectivity index (χ1) is 15.7. The maximum absolute atomic E-state index is 12.5. The third kappa shape index (κ3) is 6.69. The van der Waals surface area contributed by atoms with Gasteiger partial charge >= 0.3 is 5.97 Å². The number of hydrogen-bond acceptors (Lipinski definition) is 7. The molecule has 3 aromatic rings. The summed E-state index contributed by atoms with van der Waals surface area (Å²) in [5.41, 5.74) is 0.780. The lowest BCUT2D eigenvalue weighted by Crippen LogP contribution is -2.23. The largest absolute Gasteiger partial charge is 0.465 e. The van der Waals surface area contributed by atoms with Gasteiger partial charge in [-0.2, -0.15) is 4.99 Å². The van der Waals surface area contributed by atoms with Crippen LogP contribution in [0, 0.1) is 0 Å². The number of carbonyl (C=O) groups is 2. The Kier molecular flexibility index (Phi) is 8.75. The van der Waals surface area contributed by atoms with Gasteiger partial charge in [-0.25, -0.2) is 8.42 Å². The fourth-order valence-electron chi connectivity index (χ4n) is 3.09. The molecule has 2 aromatic carbocycles. The van der Waals surface area contributed by atoms with Crippen molar-refractivity contribution in [1.29, 1.82) is 0 Å². The molecule has 0 aliphatic heterocycles. The number of aromatic nitrogens is 1. The number of fused-ring (bicyclic) bond motifs is 1. The van der Waals surface area contributed by atoms with E-state index in [1.807, 2.05) is 24.5 Å². The van der Waals surface area contributed by atoms with Crippen molar-refractivity contribution >= 4 is 66.6 Å². The molecule has 0 fully saturated rings. The molecule has 33 heavy (non-hydrogen) atoms. The van der Waals surface area contributed by atoms with Crippen molar-refractivity contribution in [2.24, 2.45) is 4.99 Å². The van der Waals surface area contributed by atoms with Crippen LogP contribution in [-0.4, -0.2) is 43.5 Å². The second kappa shape index (κ2) is 11.3. The van der Waals surface area contributed by atoms with Crippen LogP contribution >= 0.6 is 34.7 Å². The van der Waals surface area contributed by atoms with Crippen molar-refractivity contribution in [3.8, 4) is 0 Å². The van der Waals surface area contributed by atoms with E-state index in [0.29, 0.717) is 9.82 Å². The molecule has 0 atom stereocenters. The first-order valence-electron chi connectivity index (χ1n) is 10.1. The zero-order valence-corrected chi connectivity index (χ0v) is 21.3. The number of sulfone groups is 1. The number of thiazole rings is 1. The Morgan fingerprint density at radius 3 is 2.58 bits per heavy atom. The third-order valence-electron chi connectivity index (χ3n) is 4.68. The third-order valence-corrected chi connectivity index (χ3v) is 8.51. The molecule has 0 saturated heterocycles. The highest BCUT2D eigenvalue weighted by atomic mass is 35.5. The molecular weight excluding hydrogens is 504 g/mol. The quantitative estimate of drug-likeness (QED) is 0.304. The average Bonchev–Trinajstić information content (AvgIpc) is 3.09. The molecule has 0 unspecified atom stereocenters. The van der Waals surface area contributed by atoms with Crippen LogP contribution in [0.1, 0.15) is 19.8 Å². The Hall–Kier alpha value is -2.14. The van der Waals surface area contributed by atoms with E-state index in [-0.39, 0.29) is 36.6 Å². The number of carbonyl (C=O) groups excluding carboxylic acids is 2. The average molecular weight is 527 g/mol. The standard InChI is InChI=1S/C22H23ClN2O5S3/c1-3-30-21(27)14-25-18-11-8-16(31-2)13-19(18)32-22(25)24-20(26)5-4-12-33(28,29)17-9-6-15(23)7-10-17/h6-11,13H,3-5,12,14H2,1-2H3. The first-order valence-corrected chi connectivity index (χ1v) is 14.2. The van der Waals surface area contributed by atoms with Crippen LogP contribution in [-0.2, 0) is 30.7 Å². The van der Waals surface area contributed by atoms with Gasteiger partial charge in [0.05, 0.1) is 27.5 Å². The Labute approximate surface area is 205 Å². The molecule has 0 aliphatic rings. The number of benzene rings is 2. The van der Waals surface area contributed by atoms with E-state index >= 15 is 0 Å². The highest BCUT2D eigenvalue weighted by Crippen LogP contribution is 2.24. The number of thioether (sulfide) groups is 1. The fraction of sp³-hybridized carbons (Fsp3) is 0.318. The molecule has 3 rings (SSSR count). The molecule has 11 heteroatoms. The zero-order valence-electron chi connectivity index (χ0n) is 18.1. The molecule has 0 aliphatic carbocycles. The molecule has 0 bridgehead atoms. The molecular formula is C22H23ClN2O5S3. The minimum absolute atomic E-state index is 0.0312. The minimum Gasteiger partial charge on any atom is -0.465 e. The van der Waals surface area contributed by atoms with Gasteiger partial charge in [0.25, 0.3) is 0 Å². The number of esters is 1. The number of nitrogens with zero attached hydrogens (tertiary/aromatic N) is 2. The van der Waals surface area contributed by atoms with Crippen molar-refractivity contribution in [2.75, 3.05) is 18.6 Å². The topological polar surface area (TPSA) is 94.8 Å². The highest BCUT2D eigenvalue weighted by Gasteiger charge is 2.16. The Morgan fingerprint density at radius 1 is 1.18 bits per heavy atom. The summed E-state index contributed by atoms with van der Waals surface area (Å²) >= 11 is 8.70. The van der Waals surface area contributed by atoms with Gasteiger partial charge in [-0.1, -0.05) is 22.9 Å². The Balaban J connectivity index is 1.79. The maximum Gasteiger partial charge on any atom is 0.326 e. The number of rotatable bonds is 9. The van der Waals surface area contributed by atoms with Crippen molar-refractivity contribution in [2.45, 2.75) is 36.1 Å². The molecule has 176 valence electrons. The monoisotopic (exact) mass is 526 g/mol. The van der Waals surface area contributed by atoms with Gasteiger partial charge in [0.15, 0.2) is 14.6 Å². The van der Waals surface area contributed by atoms with E-state index in [1.165, 1.54) is 35.6 Å². The molecule has 7 nitrogen and oxygen atoms in total. The van der Waals surface area contributed by atoms with Crippen LogP contribution in [0.3, 0.4) is 0 Å². The number of amides is 1. The van der Waals surface area contributed by atoms with Gasteiger partial charge in [0.2, 0.25) is 5.91 Å². The van der Waals surface area contributed by atoms with Gasteiger partial charge in [-0.3, -0.25) is 9.59 Å². The molecule has 1 aromatic heterocycles. The van der Waals surface area contributed by atoms with Crippen molar-refractivity contribution in [3.63, 3.8) is 0 Å². The summed E-state index contributed by atoms with van der Waals surface area (Å²) < 4.78 is 32.5. The van der Waals surface area contributed by atoms with E-state index < -0.39 is 21.7 Å². The summed E-state index contributed by atoms with van der Waals surface area (Å²) in [6.07, 6.45) is 2.07. The van der Waals surface area contributed by atoms with Gasteiger partial charge in [-0.05, 0) is 62.1 Å². The molecule has 0 radical (unpaired) electrons. The van der Waals surface area contributed by atoms with E-state index in [2.05, 4.69) is 4.99 Å². The minimum atomic E-state index is -3.52. The predicted molar refractivity (Wildman–Crippen MR) is 132 cm³/mol. The molecule has 1 amide bonds. The first kappa shape index (κ1) is 25.5. The zero-order chi connectivity index (χ0) is 24.0. The van der Waals surface area contributed by atoms with Gasteiger partial charge < -0.3 is 9.30 Å². The van der Waals surface area contributed by atoms with Crippen LogP contribution in [0.4, 0.5) is 0 Å². The summed E-state index contributed by atoms with van der Waals surface area (Å²) in [6, 6.07) is 11.7. The number of hydrogen-bond donors (Lipinski definition) is 0. The summed E-state index contributed by atoms with van der Waals surface area (Å²) in [4.78, 5) is 30.4. The van der Waals surface area contributed by atoms with Crippen molar-refractivity contribution in [1.82, 2.24) is 4.57 Å². The Morgan fingerprint density at radius 2 is 1.91 bits per heavy atom. The molecule has 0 N–H and O–H groups in total. The normalized spacial score (nSPS) is 12.3. The van der Waals surface area contributed by atoms with E-state index in [0.717, 1.165) is 15.1 Å². The smallest absolute Gasteiger partial charge is 0.326 e. The summed E-state index contributed by atoms with van der Waals surface area (Å²) in [6.45, 7) is 1.92. The van der Waals surface area contributed by atoms with Crippen LogP contribution in [0.5, 0.6) is 0 Å². The van der Waals surface area contributed by atoms with Gasteiger partial charge in [0, 0.05) is 16.3 Å². The molecule has 0 spiro atoms. The molecule has 0 saturated carbocycles. The van der Waals surface area contributed by atoms with E-state index in [4.69, 9.17) is 16.3 Å². The van der Waals surface area contributed by atoms with Crippen LogP contribution in [0.2, 0.25) is 5.02 Å². The fourth-order valence-corrected chi connectivity index (χ4v) is 6.13. The maximum atomic E-state index is 12.5.